The molecule has 0 unspecified atom stereocenters. The minimum absolute atomic E-state index is 0.123. The Morgan fingerprint density at radius 1 is 0.933 bits per heavy atom. The van der Waals surface area contributed by atoms with Crippen LogP contribution >= 0.6 is 0 Å². The number of benzene rings is 2. The predicted molar refractivity (Wildman–Crippen MR) is 118 cm³/mol. The number of hydrogen-bond donors (Lipinski definition) is 0. The van der Waals surface area contributed by atoms with E-state index in [4.69, 9.17) is 9.47 Å². The van der Waals surface area contributed by atoms with Gasteiger partial charge >= 0.3 is 0 Å². The molecule has 6 heteroatoms. The molecule has 162 valence electrons. The molecule has 0 radical (unpaired) electrons. The number of ether oxygens (including phenoxy) is 2. The maximum atomic E-state index is 14.1. The zero-order valence-electron chi connectivity index (χ0n) is 18.0. The number of piperazine rings is 1. The predicted octanol–water partition coefficient (Wildman–Crippen LogP) is 3.63. The third kappa shape index (κ3) is 4.55. The summed E-state index contributed by atoms with van der Waals surface area (Å²) in [5.41, 5.74) is 1.90. The average molecular weight is 414 g/mol. The Kier molecular flexibility index (Phi) is 6.75. The normalized spacial score (nSPS) is 20.9. The van der Waals surface area contributed by atoms with E-state index in [1.807, 2.05) is 24.3 Å². The van der Waals surface area contributed by atoms with Crippen LogP contribution < -0.4 is 14.4 Å². The number of halogens is 1. The number of rotatable bonds is 6. The van der Waals surface area contributed by atoms with Gasteiger partial charge in [0.25, 0.3) is 0 Å². The minimum atomic E-state index is -0.123. The van der Waals surface area contributed by atoms with Crippen molar-refractivity contribution in [3.63, 3.8) is 0 Å². The van der Waals surface area contributed by atoms with E-state index in [1.54, 1.807) is 26.4 Å². The van der Waals surface area contributed by atoms with Crippen LogP contribution in [0.4, 0.5) is 10.1 Å². The molecule has 2 heterocycles. The number of piperidine rings is 1. The average Bonchev–Trinajstić information content (AvgIpc) is 2.79. The highest BCUT2D eigenvalue weighted by molar-refractivity contribution is 5.48. The maximum Gasteiger partial charge on any atom is 0.165 e. The summed E-state index contributed by atoms with van der Waals surface area (Å²) in [5.74, 6) is 1.50. The molecule has 2 aliphatic heterocycles. The second kappa shape index (κ2) is 9.67. The van der Waals surface area contributed by atoms with Crippen LogP contribution in [-0.2, 0) is 6.54 Å². The first-order valence-electron chi connectivity index (χ1n) is 10.9. The molecule has 2 aromatic rings. The van der Waals surface area contributed by atoms with Crippen molar-refractivity contribution < 1.29 is 13.9 Å². The Balaban J connectivity index is 1.36. The van der Waals surface area contributed by atoms with Crippen LogP contribution in [0.25, 0.3) is 0 Å². The molecular weight excluding hydrogens is 381 g/mol. The largest absolute Gasteiger partial charge is 0.493 e. The highest BCUT2D eigenvalue weighted by Gasteiger charge is 2.29. The van der Waals surface area contributed by atoms with Crippen LogP contribution in [-0.4, -0.2) is 69.3 Å². The first kappa shape index (κ1) is 20.9. The summed E-state index contributed by atoms with van der Waals surface area (Å²) in [7, 11) is 3.38. The van der Waals surface area contributed by atoms with Crippen LogP contribution in [0.1, 0.15) is 18.4 Å². The van der Waals surface area contributed by atoms with Crippen molar-refractivity contribution in [2.75, 3.05) is 58.4 Å². The Bertz CT molecular complexity index is 839. The summed E-state index contributed by atoms with van der Waals surface area (Å²) >= 11 is 0. The number of nitrogens with zero attached hydrogens (tertiary/aromatic N) is 3. The van der Waals surface area contributed by atoms with E-state index in [-0.39, 0.29) is 5.82 Å². The van der Waals surface area contributed by atoms with Gasteiger partial charge in [-0.25, -0.2) is 4.39 Å². The maximum absolute atomic E-state index is 14.1. The van der Waals surface area contributed by atoms with Crippen molar-refractivity contribution in [1.82, 2.24) is 9.80 Å². The Morgan fingerprint density at radius 3 is 2.47 bits per heavy atom. The molecule has 0 spiro atoms. The summed E-state index contributed by atoms with van der Waals surface area (Å²) < 4.78 is 25.2. The monoisotopic (exact) mass is 413 g/mol. The van der Waals surface area contributed by atoms with E-state index in [1.165, 1.54) is 18.4 Å². The van der Waals surface area contributed by atoms with Crippen molar-refractivity contribution in [2.24, 2.45) is 0 Å². The molecule has 30 heavy (non-hydrogen) atoms. The summed E-state index contributed by atoms with van der Waals surface area (Å²) in [6.07, 6.45) is 2.43. The molecule has 0 saturated carbocycles. The van der Waals surface area contributed by atoms with Gasteiger partial charge in [-0.2, -0.15) is 0 Å². The highest BCUT2D eigenvalue weighted by Crippen LogP contribution is 2.32. The topological polar surface area (TPSA) is 28.2 Å². The fourth-order valence-corrected chi connectivity index (χ4v) is 4.83. The molecule has 2 fully saturated rings. The van der Waals surface area contributed by atoms with E-state index >= 15 is 0 Å². The fourth-order valence-electron chi connectivity index (χ4n) is 4.83. The Morgan fingerprint density at radius 2 is 1.73 bits per heavy atom. The molecule has 0 bridgehead atoms. The molecule has 2 saturated heterocycles. The lowest BCUT2D eigenvalue weighted by Gasteiger charge is -2.44. The van der Waals surface area contributed by atoms with Crippen LogP contribution in [0.2, 0.25) is 0 Å². The van der Waals surface area contributed by atoms with Crippen LogP contribution in [0.5, 0.6) is 11.5 Å². The first-order valence-corrected chi connectivity index (χ1v) is 10.9. The van der Waals surface area contributed by atoms with Gasteiger partial charge in [0.2, 0.25) is 0 Å². The quantitative estimate of drug-likeness (QED) is 0.721. The molecule has 0 amide bonds. The molecule has 1 atom stereocenters. The number of methoxy groups -OCH3 is 2. The van der Waals surface area contributed by atoms with Gasteiger partial charge in [0.15, 0.2) is 11.5 Å². The molecule has 2 aliphatic rings. The van der Waals surface area contributed by atoms with Crippen molar-refractivity contribution >= 4 is 5.69 Å². The van der Waals surface area contributed by atoms with Gasteiger partial charge in [-0.1, -0.05) is 24.3 Å². The van der Waals surface area contributed by atoms with Crippen LogP contribution in [0.15, 0.2) is 42.5 Å². The van der Waals surface area contributed by atoms with Crippen molar-refractivity contribution in [2.45, 2.75) is 25.4 Å². The molecule has 5 nitrogen and oxygen atoms in total. The van der Waals surface area contributed by atoms with Gasteiger partial charge in [0.05, 0.1) is 19.9 Å². The number of hydrogen-bond acceptors (Lipinski definition) is 5. The molecule has 0 N–H and O–H groups in total. The number of likely N-dealkylation sites (tertiary alicyclic amines) is 1. The summed E-state index contributed by atoms with van der Waals surface area (Å²) in [4.78, 5) is 7.29. The van der Waals surface area contributed by atoms with Crippen molar-refractivity contribution in [1.29, 1.82) is 0 Å². The Labute approximate surface area is 179 Å². The van der Waals surface area contributed by atoms with E-state index in [0.717, 1.165) is 63.0 Å². The Hall–Kier alpha value is -2.31. The van der Waals surface area contributed by atoms with Crippen molar-refractivity contribution in [3.8, 4) is 11.5 Å². The van der Waals surface area contributed by atoms with E-state index in [9.17, 15) is 4.39 Å². The number of anilines is 1. The first-order chi connectivity index (χ1) is 14.7. The van der Waals surface area contributed by atoms with Gasteiger partial charge in [0, 0.05) is 50.9 Å². The fraction of sp³-hybridized carbons (Fsp3) is 0.500. The molecule has 0 aliphatic carbocycles. The van der Waals surface area contributed by atoms with Gasteiger partial charge in [0.1, 0.15) is 5.82 Å². The summed E-state index contributed by atoms with van der Waals surface area (Å²) in [6.45, 7) is 6.74. The van der Waals surface area contributed by atoms with E-state index < -0.39 is 0 Å². The van der Waals surface area contributed by atoms with E-state index in [2.05, 4.69) is 20.8 Å². The third-order valence-electron chi connectivity index (χ3n) is 6.38. The SMILES string of the molecule is COc1cccc(CN2CCC[C@@H](N3CCN(c4ccccc4F)CC3)C2)c1OC. The molecule has 0 aromatic heterocycles. The molecular formula is C24H32FN3O2. The van der Waals surface area contributed by atoms with Crippen LogP contribution in [0, 0.1) is 5.82 Å². The second-order valence-electron chi connectivity index (χ2n) is 8.16. The van der Waals surface area contributed by atoms with Gasteiger partial charge in [-0.05, 0) is 37.6 Å². The smallest absolute Gasteiger partial charge is 0.165 e. The van der Waals surface area contributed by atoms with Gasteiger partial charge < -0.3 is 14.4 Å². The van der Waals surface area contributed by atoms with Crippen LogP contribution in [0.3, 0.4) is 0 Å². The van der Waals surface area contributed by atoms with Crippen molar-refractivity contribution in [3.05, 3.63) is 53.8 Å². The molecule has 4 rings (SSSR count). The minimum Gasteiger partial charge on any atom is -0.493 e. The summed E-state index contributed by atoms with van der Waals surface area (Å²) in [6, 6.07) is 13.7. The lowest BCUT2D eigenvalue weighted by Crippen LogP contribution is -2.55. The third-order valence-corrected chi connectivity index (χ3v) is 6.38. The number of para-hydroxylation sites is 2. The van der Waals surface area contributed by atoms with E-state index in [0.29, 0.717) is 6.04 Å². The lowest BCUT2D eigenvalue weighted by atomic mass is 10.0. The molecule has 2 aromatic carbocycles. The highest BCUT2D eigenvalue weighted by atomic mass is 19.1. The zero-order chi connectivity index (χ0) is 20.9. The second-order valence-corrected chi connectivity index (χ2v) is 8.16. The zero-order valence-corrected chi connectivity index (χ0v) is 18.0. The van der Waals surface area contributed by atoms with Gasteiger partial charge in [-0.3, -0.25) is 9.80 Å². The van der Waals surface area contributed by atoms with Gasteiger partial charge in [-0.15, -0.1) is 0 Å². The lowest BCUT2D eigenvalue weighted by molar-refractivity contribution is 0.0881. The standard InChI is InChI=1S/C24H32FN3O2/c1-29-23-11-5-7-19(24(23)30-2)17-26-12-6-8-20(18-26)27-13-15-28(16-14-27)22-10-4-3-9-21(22)25/h3-5,7,9-11,20H,6,8,12-18H2,1-2H3/t20-/m1/s1. The summed E-state index contributed by atoms with van der Waals surface area (Å²) in [5, 5.41) is 0.